The predicted molar refractivity (Wildman–Crippen MR) is 72.4 cm³/mol. The Morgan fingerprint density at radius 2 is 2.33 bits per heavy atom. The number of hydrogen-bond donors (Lipinski definition) is 1. The van der Waals surface area contributed by atoms with Gasteiger partial charge in [0.05, 0.1) is 13.7 Å². The molecule has 1 fully saturated rings. The molecule has 0 aromatic carbocycles. The molecule has 2 rings (SSSR count). The van der Waals surface area contributed by atoms with E-state index in [1.807, 2.05) is 6.20 Å². The van der Waals surface area contributed by atoms with Gasteiger partial charge in [-0.25, -0.2) is 4.99 Å². The van der Waals surface area contributed by atoms with Crippen LogP contribution in [0.1, 0.15) is 33.1 Å². The minimum absolute atomic E-state index is 0.264. The van der Waals surface area contributed by atoms with E-state index in [1.54, 1.807) is 7.11 Å². The number of nitrogens with one attached hydrogen (secondary N) is 1. The summed E-state index contributed by atoms with van der Waals surface area (Å²) >= 11 is 0. The first kappa shape index (κ1) is 13.6. The quantitative estimate of drug-likeness (QED) is 0.738. The van der Waals surface area contributed by atoms with E-state index in [0.717, 1.165) is 25.5 Å². The zero-order valence-corrected chi connectivity index (χ0v) is 11.6. The van der Waals surface area contributed by atoms with Crippen molar-refractivity contribution in [2.24, 2.45) is 16.8 Å². The topological polar surface area (TPSA) is 46.1 Å². The first-order valence-corrected chi connectivity index (χ1v) is 6.91. The van der Waals surface area contributed by atoms with Gasteiger partial charge in [0.2, 0.25) is 0 Å². The smallest absolute Gasteiger partial charge is 0.191 e. The van der Waals surface area contributed by atoms with Crippen LogP contribution in [0.15, 0.2) is 16.8 Å². The van der Waals surface area contributed by atoms with Gasteiger partial charge < -0.3 is 9.47 Å². The molecule has 0 aromatic rings. The van der Waals surface area contributed by atoms with E-state index in [2.05, 4.69) is 24.2 Å². The van der Waals surface area contributed by atoms with Crippen LogP contribution in [0.4, 0.5) is 0 Å². The Labute approximate surface area is 109 Å². The molecule has 0 spiro atoms. The number of rotatable bonds is 6. The highest BCUT2D eigenvalue weighted by Gasteiger charge is 2.30. The fourth-order valence-corrected chi connectivity index (χ4v) is 2.44. The fourth-order valence-electron chi connectivity index (χ4n) is 2.44. The molecule has 0 saturated carbocycles. The van der Waals surface area contributed by atoms with Crippen molar-refractivity contribution in [1.29, 1.82) is 0 Å². The molecule has 0 amide bonds. The number of methoxy groups -OCH3 is 1. The minimum Gasteiger partial charge on any atom is -0.484 e. The van der Waals surface area contributed by atoms with Gasteiger partial charge in [-0.15, -0.1) is 0 Å². The molecule has 2 unspecified atom stereocenters. The SMILES string of the molecule is CCCCC1C(OC)=NC=C(CNC2CO2)[C@H]1C. The molecule has 1 N–H and O–H groups in total. The van der Waals surface area contributed by atoms with Crippen molar-refractivity contribution in [3.8, 4) is 0 Å². The molecule has 4 heteroatoms. The van der Waals surface area contributed by atoms with Gasteiger partial charge >= 0.3 is 0 Å². The van der Waals surface area contributed by atoms with Crippen molar-refractivity contribution in [3.63, 3.8) is 0 Å². The first-order valence-electron chi connectivity index (χ1n) is 6.91. The lowest BCUT2D eigenvalue weighted by atomic mass is 9.82. The Hall–Kier alpha value is -0.870. The second-order valence-corrected chi connectivity index (χ2v) is 5.12. The molecule has 2 heterocycles. The monoisotopic (exact) mass is 252 g/mol. The van der Waals surface area contributed by atoms with Crippen molar-refractivity contribution in [1.82, 2.24) is 5.32 Å². The molecule has 3 atom stereocenters. The number of aliphatic imine (C=N–C) groups is 1. The average molecular weight is 252 g/mol. The van der Waals surface area contributed by atoms with E-state index < -0.39 is 0 Å². The molecular formula is C14H24N2O2. The third kappa shape index (κ3) is 3.33. The standard InChI is InChI=1S/C14H24N2O2/c1-4-5-6-12-10(2)11(7-15-13-9-18-13)8-16-14(12)17-3/h8,10,12-13,15H,4-7,9H2,1-3H3/t10-,12?,13?/m1/s1. The lowest BCUT2D eigenvalue weighted by Gasteiger charge is -2.29. The molecule has 18 heavy (non-hydrogen) atoms. The zero-order valence-electron chi connectivity index (χ0n) is 11.6. The van der Waals surface area contributed by atoms with E-state index in [4.69, 9.17) is 9.47 Å². The molecular weight excluding hydrogens is 228 g/mol. The molecule has 102 valence electrons. The van der Waals surface area contributed by atoms with Crippen molar-refractivity contribution in [3.05, 3.63) is 11.8 Å². The number of unbranched alkanes of at least 4 members (excludes halogenated alkanes) is 1. The third-order valence-corrected chi connectivity index (χ3v) is 3.81. The van der Waals surface area contributed by atoms with Crippen LogP contribution in [0, 0.1) is 11.8 Å². The normalized spacial score (nSPS) is 30.7. The van der Waals surface area contributed by atoms with E-state index in [9.17, 15) is 0 Å². The van der Waals surface area contributed by atoms with Crippen LogP contribution in [0.2, 0.25) is 0 Å². The number of ether oxygens (including phenoxy) is 2. The molecule has 1 saturated heterocycles. The molecule has 4 nitrogen and oxygen atoms in total. The van der Waals surface area contributed by atoms with Gasteiger partial charge in [-0.1, -0.05) is 26.7 Å². The summed E-state index contributed by atoms with van der Waals surface area (Å²) in [5, 5.41) is 3.37. The van der Waals surface area contributed by atoms with Crippen LogP contribution in [0.25, 0.3) is 0 Å². The van der Waals surface area contributed by atoms with Crippen LogP contribution >= 0.6 is 0 Å². The third-order valence-electron chi connectivity index (χ3n) is 3.81. The second kappa shape index (κ2) is 6.34. The summed E-state index contributed by atoms with van der Waals surface area (Å²) in [4.78, 5) is 4.46. The van der Waals surface area contributed by atoms with Gasteiger partial charge in [0.25, 0.3) is 0 Å². The van der Waals surface area contributed by atoms with Gasteiger partial charge in [0.1, 0.15) is 6.23 Å². The van der Waals surface area contributed by atoms with Crippen molar-refractivity contribution >= 4 is 5.90 Å². The predicted octanol–water partition coefficient (Wildman–Crippen LogP) is 2.32. The maximum atomic E-state index is 5.42. The van der Waals surface area contributed by atoms with E-state index in [1.165, 1.54) is 18.4 Å². The molecule has 0 radical (unpaired) electrons. The van der Waals surface area contributed by atoms with Crippen LogP contribution in [-0.4, -0.2) is 32.4 Å². The van der Waals surface area contributed by atoms with Gasteiger partial charge in [0, 0.05) is 18.7 Å². The minimum atomic E-state index is 0.264. The molecule has 2 aliphatic heterocycles. The summed E-state index contributed by atoms with van der Waals surface area (Å²) in [5.41, 5.74) is 1.35. The Bertz CT molecular complexity index is 335. The van der Waals surface area contributed by atoms with Crippen LogP contribution in [-0.2, 0) is 9.47 Å². The first-order chi connectivity index (χ1) is 8.76. The average Bonchev–Trinajstić information content (AvgIpc) is 3.19. The maximum Gasteiger partial charge on any atom is 0.191 e. The Kier molecular flexibility index (Phi) is 4.78. The Balaban J connectivity index is 1.96. The second-order valence-electron chi connectivity index (χ2n) is 5.12. The number of hydrogen-bond acceptors (Lipinski definition) is 4. The molecule has 0 aromatic heterocycles. The summed E-state index contributed by atoms with van der Waals surface area (Å²) in [6.45, 7) is 6.21. The number of epoxide rings is 1. The Morgan fingerprint density at radius 1 is 1.56 bits per heavy atom. The molecule has 2 aliphatic rings. The van der Waals surface area contributed by atoms with Crippen molar-refractivity contribution in [2.45, 2.75) is 39.3 Å². The van der Waals surface area contributed by atoms with Gasteiger partial charge in [-0.2, -0.15) is 0 Å². The van der Waals surface area contributed by atoms with E-state index in [0.29, 0.717) is 11.8 Å². The highest BCUT2D eigenvalue weighted by Crippen LogP contribution is 2.30. The summed E-state index contributed by atoms with van der Waals surface area (Å²) in [6, 6.07) is 0. The summed E-state index contributed by atoms with van der Waals surface area (Å²) in [7, 11) is 1.72. The number of nitrogens with zero attached hydrogens (tertiary/aromatic N) is 1. The Morgan fingerprint density at radius 3 is 2.94 bits per heavy atom. The molecule has 0 aliphatic carbocycles. The summed E-state index contributed by atoms with van der Waals surface area (Å²) in [5.74, 6) is 1.81. The largest absolute Gasteiger partial charge is 0.484 e. The maximum absolute atomic E-state index is 5.42. The van der Waals surface area contributed by atoms with Gasteiger partial charge in [-0.3, -0.25) is 5.32 Å². The fraction of sp³-hybridized carbons (Fsp3) is 0.786. The zero-order chi connectivity index (χ0) is 13.0. The summed E-state index contributed by atoms with van der Waals surface area (Å²) in [6.07, 6.45) is 5.82. The van der Waals surface area contributed by atoms with Crippen molar-refractivity contribution in [2.75, 3.05) is 20.3 Å². The van der Waals surface area contributed by atoms with Crippen LogP contribution < -0.4 is 5.32 Å². The highest BCUT2D eigenvalue weighted by molar-refractivity contribution is 5.81. The van der Waals surface area contributed by atoms with Crippen LogP contribution in [0.5, 0.6) is 0 Å². The van der Waals surface area contributed by atoms with Crippen molar-refractivity contribution < 1.29 is 9.47 Å². The van der Waals surface area contributed by atoms with Crippen LogP contribution in [0.3, 0.4) is 0 Å². The van der Waals surface area contributed by atoms with Gasteiger partial charge in [-0.05, 0) is 17.9 Å². The van der Waals surface area contributed by atoms with E-state index >= 15 is 0 Å². The van der Waals surface area contributed by atoms with E-state index in [-0.39, 0.29) is 6.23 Å². The highest BCUT2D eigenvalue weighted by atomic mass is 16.6. The lowest BCUT2D eigenvalue weighted by molar-refractivity contribution is 0.317. The van der Waals surface area contributed by atoms with Gasteiger partial charge in [0.15, 0.2) is 5.90 Å². The lowest BCUT2D eigenvalue weighted by Crippen LogP contribution is -2.32. The summed E-state index contributed by atoms with van der Waals surface area (Å²) < 4.78 is 10.6. The molecule has 0 bridgehead atoms.